The number of carbonyl (C=O) groups is 2. The number of aliphatic hydroxyl groups excluding tert-OH is 1. The van der Waals surface area contributed by atoms with Gasteiger partial charge >= 0.3 is 0 Å². The van der Waals surface area contributed by atoms with Gasteiger partial charge in [0.25, 0.3) is 0 Å². The molecular formula is C15H25N3O3. The first-order chi connectivity index (χ1) is 10.2. The lowest BCUT2D eigenvalue weighted by molar-refractivity contribution is -0.131. The summed E-state index contributed by atoms with van der Waals surface area (Å²) < 4.78 is 0. The van der Waals surface area contributed by atoms with Crippen LogP contribution in [0.25, 0.3) is 0 Å². The maximum absolute atomic E-state index is 11.7. The van der Waals surface area contributed by atoms with Crippen LogP contribution in [0.5, 0.6) is 0 Å². The van der Waals surface area contributed by atoms with Crippen molar-refractivity contribution in [1.82, 2.24) is 15.5 Å². The van der Waals surface area contributed by atoms with E-state index in [1.165, 1.54) is 17.1 Å². The minimum absolute atomic E-state index is 0.112. The van der Waals surface area contributed by atoms with E-state index >= 15 is 0 Å². The largest absolute Gasteiger partial charge is 0.370 e. The van der Waals surface area contributed by atoms with Crippen LogP contribution in [0.15, 0.2) is 12.2 Å². The lowest BCUT2D eigenvalue weighted by Gasteiger charge is -2.20. The van der Waals surface area contributed by atoms with Gasteiger partial charge in [0.2, 0.25) is 11.8 Å². The molecule has 1 fully saturated rings. The molecule has 0 bridgehead atoms. The predicted molar refractivity (Wildman–Crippen MR) is 79.3 cm³/mol. The van der Waals surface area contributed by atoms with Crippen molar-refractivity contribution in [2.75, 3.05) is 26.2 Å². The number of amides is 2. The monoisotopic (exact) mass is 295 g/mol. The Hall–Kier alpha value is -1.40. The molecule has 1 saturated heterocycles. The average Bonchev–Trinajstić information content (AvgIpc) is 3.09. The fourth-order valence-corrected chi connectivity index (χ4v) is 2.72. The summed E-state index contributed by atoms with van der Waals surface area (Å²) in [6, 6.07) is 0. The Bertz CT molecular complexity index is 392. The van der Waals surface area contributed by atoms with Crippen LogP contribution < -0.4 is 10.6 Å². The number of rotatable bonds is 8. The van der Waals surface area contributed by atoms with Gasteiger partial charge in [-0.1, -0.05) is 6.42 Å². The predicted octanol–water partition coefficient (Wildman–Crippen LogP) is -0.0107. The summed E-state index contributed by atoms with van der Waals surface area (Å²) in [4.78, 5) is 24.5. The molecule has 0 saturated carbocycles. The molecule has 2 atom stereocenters. The summed E-state index contributed by atoms with van der Waals surface area (Å²) in [5.41, 5.74) is 0. The second-order valence-corrected chi connectivity index (χ2v) is 5.78. The van der Waals surface area contributed by atoms with E-state index in [2.05, 4.69) is 10.6 Å². The first-order valence-electron chi connectivity index (χ1n) is 7.81. The molecular weight excluding hydrogens is 270 g/mol. The highest BCUT2D eigenvalue weighted by Crippen LogP contribution is 2.11. The zero-order valence-corrected chi connectivity index (χ0v) is 12.4. The SMILES string of the molecule is O=C(CCCCCN1C(=O)C=CC1O)NCC1CCNC1. The van der Waals surface area contributed by atoms with Crippen molar-refractivity contribution in [2.45, 2.75) is 38.3 Å². The topological polar surface area (TPSA) is 81.7 Å². The first kappa shape index (κ1) is 16.0. The van der Waals surface area contributed by atoms with Crippen LogP contribution >= 0.6 is 0 Å². The van der Waals surface area contributed by atoms with Crippen LogP contribution in [-0.4, -0.2) is 54.2 Å². The third-order valence-corrected chi connectivity index (χ3v) is 4.07. The molecule has 0 aliphatic carbocycles. The molecule has 6 heteroatoms. The van der Waals surface area contributed by atoms with E-state index in [1.54, 1.807) is 0 Å². The van der Waals surface area contributed by atoms with E-state index in [9.17, 15) is 14.7 Å². The van der Waals surface area contributed by atoms with Crippen LogP contribution in [0, 0.1) is 5.92 Å². The van der Waals surface area contributed by atoms with Gasteiger partial charge in [-0.25, -0.2) is 0 Å². The molecule has 0 radical (unpaired) electrons. The summed E-state index contributed by atoms with van der Waals surface area (Å²) in [5, 5.41) is 15.8. The maximum Gasteiger partial charge on any atom is 0.248 e. The summed E-state index contributed by atoms with van der Waals surface area (Å²) >= 11 is 0. The number of hydrogen-bond acceptors (Lipinski definition) is 4. The number of unbranched alkanes of at least 4 members (excludes halogenated alkanes) is 2. The summed E-state index contributed by atoms with van der Waals surface area (Å²) in [6.07, 6.45) is 6.30. The quantitative estimate of drug-likeness (QED) is 0.550. The van der Waals surface area contributed by atoms with Gasteiger partial charge in [0.05, 0.1) is 0 Å². The second-order valence-electron chi connectivity index (χ2n) is 5.78. The van der Waals surface area contributed by atoms with Gasteiger partial charge in [-0.3, -0.25) is 9.59 Å². The minimum Gasteiger partial charge on any atom is -0.370 e. The van der Waals surface area contributed by atoms with Crippen LogP contribution in [0.4, 0.5) is 0 Å². The van der Waals surface area contributed by atoms with Gasteiger partial charge in [0, 0.05) is 25.6 Å². The molecule has 118 valence electrons. The highest BCUT2D eigenvalue weighted by Gasteiger charge is 2.22. The van der Waals surface area contributed by atoms with Crippen molar-refractivity contribution in [1.29, 1.82) is 0 Å². The second kappa shape index (κ2) is 8.14. The number of aliphatic hydroxyl groups is 1. The van der Waals surface area contributed by atoms with Crippen LogP contribution in [0.1, 0.15) is 32.1 Å². The molecule has 2 heterocycles. The highest BCUT2D eigenvalue weighted by molar-refractivity contribution is 5.90. The van der Waals surface area contributed by atoms with Gasteiger partial charge in [0.15, 0.2) is 0 Å². The van der Waals surface area contributed by atoms with Crippen LogP contribution in [0.3, 0.4) is 0 Å². The van der Waals surface area contributed by atoms with Crippen molar-refractivity contribution >= 4 is 11.8 Å². The Balaban J connectivity index is 1.47. The Labute approximate surface area is 125 Å². The van der Waals surface area contributed by atoms with Crippen molar-refractivity contribution in [3.05, 3.63) is 12.2 Å². The normalized spacial score (nSPS) is 24.8. The molecule has 2 aliphatic heterocycles. The van der Waals surface area contributed by atoms with E-state index in [1.807, 2.05) is 0 Å². The summed E-state index contributed by atoms with van der Waals surface area (Å²) in [7, 11) is 0. The Morgan fingerprint density at radius 2 is 2.29 bits per heavy atom. The molecule has 2 rings (SSSR count). The molecule has 0 spiro atoms. The summed E-state index contributed by atoms with van der Waals surface area (Å²) in [6.45, 7) is 3.37. The Morgan fingerprint density at radius 3 is 2.95 bits per heavy atom. The highest BCUT2D eigenvalue weighted by atomic mass is 16.3. The molecule has 2 aliphatic rings. The van der Waals surface area contributed by atoms with Crippen molar-refractivity contribution in [2.24, 2.45) is 5.92 Å². The average molecular weight is 295 g/mol. The molecule has 21 heavy (non-hydrogen) atoms. The van der Waals surface area contributed by atoms with E-state index in [4.69, 9.17) is 0 Å². The smallest absolute Gasteiger partial charge is 0.248 e. The maximum atomic E-state index is 11.7. The van der Waals surface area contributed by atoms with Gasteiger partial charge < -0.3 is 20.6 Å². The molecule has 2 amide bonds. The van der Waals surface area contributed by atoms with E-state index in [0.717, 1.165) is 45.3 Å². The molecule has 0 aromatic rings. The number of nitrogens with zero attached hydrogens (tertiary/aromatic N) is 1. The first-order valence-corrected chi connectivity index (χ1v) is 7.81. The molecule has 3 N–H and O–H groups in total. The zero-order chi connectivity index (χ0) is 15.1. The lowest BCUT2D eigenvalue weighted by atomic mass is 10.1. The Morgan fingerprint density at radius 1 is 1.43 bits per heavy atom. The van der Waals surface area contributed by atoms with E-state index in [-0.39, 0.29) is 11.8 Å². The molecule has 0 aromatic carbocycles. The fraction of sp³-hybridized carbons (Fsp3) is 0.733. The third kappa shape index (κ3) is 5.13. The van der Waals surface area contributed by atoms with Gasteiger partial charge in [-0.15, -0.1) is 0 Å². The molecule has 0 aromatic heterocycles. The van der Waals surface area contributed by atoms with Gasteiger partial charge in [-0.05, 0) is 44.3 Å². The summed E-state index contributed by atoms with van der Waals surface area (Å²) in [5.74, 6) is 0.551. The molecule has 6 nitrogen and oxygen atoms in total. The van der Waals surface area contributed by atoms with Crippen LogP contribution in [0.2, 0.25) is 0 Å². The number of nitrogens with one attached hydrogen (secondary N) is 2. The fourth-order valence-electron chi connectivity index (χ4n) is 2.72. The molecule has 2 unspecified atom stereocenters. The standard InChI is InChI=1S/C15H25N3O3/c19-13(17-11-12-7-8-16-10-12)4-2-1-3-9-18-14(20)5-6-15(18)21/h5-6,12,14,16,20H,1-4,7-11H2,(H,17,19). The lowest BCUT2D eigenvalue weighted by Crippen LogP contribution is -2.34. The van der Waals surface area contributed by atoms with Crippen molar-refractivity contribution in [3.63, 3.8) is 0 Å². The van der Waals surface area contributed by atoms with E-state index in [0.29, 0.717) is 18.9 Å². The van der Waals surface area contributed by atoms with Crippen molar-refractivity contribution < 1.29 is 14.7 Å². The van der Waals surface area contributed by atoms with Gasteiger partial charge in [-0.2, -0.15) is 0 Å². The third-order valence-electron chi connectivity index (χ3n) is 4.07. The van der Waals surface area contributed by atoms with Crippen LogP contribution in [-0.2, 0) is 9.59 Å². The number of carbonyl (C=O) groups excluding carboxylic acids is 2. The van der Waals surface area contributed by atoms with Gasteiger partial charge in [0.1, 0.15) is 6.23 Å². The van der Waals surface area contributed by atoms with E-state index < -0.39 is 6.23 Å². The van der Waals surface area contributed by atoms with Crippen molar-refractivity contribution in [3.8, 4) is 0 Å². The Kier molecular flexibility index (Phi) is 6.20. The number of hydrogen-bond donors (Lipinski definition) is 3. The minimum atomic E-state index is -0.777. The zero-order valence-electron chi connectivity index (χ0n) is 12.4.